The van der Waals surface area contributed by atoms with Crippen molar-refractivity contribution in [3.05, 3.63) is 57.0 Å². The van der Waals surface area contributed by atoms with Gasteiger partial charge in [0.15, 0.2) is 0 Å². The number of thiophene rings is 1. The fraction of sp³-hybridized carbons (Fsp3) is 0.381. The van der Waals surface area contributed by atoms with E-state index >= 15 is 0 Å². The summed E-state index contributed by atoms with van der Waals surface area (Å²) in [6.45, 7) is 5.98. The summed E-state index contributed by atoms with van der Waals surface area (Å²) in [4.78, 5) is 32.4. The molecular weight excluding hydrogens is 358 g/mol. The predicted octanol–water partition coefficient (Wildman–Crippen LogP) is 4.09. The van der Waals surface area contributed by atoms with Crippen molar-refractivity contribution in [2.75, 3.05) is 5.32 Å². The molecule has 3 aromatic rings. The molecule has 0 bridgehead atoms. The molecule has 4 rings (SSSR count). The Balaban J connectivity index is 1.66. The van der Waals surface area contributed by atoms with Crippen LogP contribution in [0, 0.1) is 12.8 Å². The van der Waals surface area contributed by atoms with Gasteiger partial charge >= 0.3 is 0 Å². The quantitative estimate of drug-likeness (QED) is 0.743. The van der Waals surface area contributed by atoms with E-state index in [-0.39, 0.29) is 11.5 Å². The van der Waals surface area contributed by atoms with Gasteiger partial charge in [0.05, 0.1) is 11.7 Å². The van der Waals surface area contributed by atoms with Crippen molar-refractivity contribution in [3.8, 4) is 0 Å². The maximum atomic E-state index is 13.1. The van der Waals surface area contributed by atoms with Crippen LogP contribution in [0.4, 0.5) is 5.69 Å². The second-order valence-corrected chi connectivity index (χ2v) is 8.60. The molecule has 0 saturated carbocycles. The van der Waals surface area contributed by atoms with Gasteiger partial charge in [-0.3, -0.25) is 14.2 Å². The van der Waals surface area contributed by atoms with Gasteiger partial charge in [0, 0.05) is 10.6 Å². The summed E-state index contributed by atoms with van der Waals surface area (Å²) >= 11 is 1.63. The Labute approximate surface area is 162 Å². The van der Waals surface area contributed by atoms with E-state index in [0.717, 1.165) is 40.9 Å². The summed E-state index contributed by atoms with van der Waals surface area (Å²) in [6.07, 6.45) is 4.53. The van der Waals surface area contributed by atoms with Gasteiger partial charge in [-0.25, -0.2) is 4.98 Å². The van der Waals surface area contributed by atoms with Crippen molar-refractivity contribution in [3.63, 3.8) is 0 Å². The standard InChI is InChI=1S/C21H23N3O2S/c1-12-4-7-15(8-5-12)23-19(25)14(3)24-11-22-20-18(21(24)26)16-9-6-13(2)10-17(16)27-20/h4-5,7-8,11,13-14H,6,9-10H2,1-3H3,(H,23,25)/t13-,14-/m0/s1. The van der Waals surface area contributed by atoms with E-state index < -0.39 is 6.04 Å². The Morgan fingerprint density at radius 1 is 1.33 bits per heavy atom. The second kappa shape index (κ2) is 6.93. The van der Waals surface area contributed by atoms with Crippen LogP contribution in [0.25, 0.3) is 10.2 Å². The van der Waals surface area contributed by atoms with Gasteiger partial charge in [-0.15, -0.1) is 11.3 Å². The minimum Gasteiger partial charge on any atom is -0.324 e. The van der Waals surface area contributed by atoms with Crippen LogP contribution in [0.15, 0.2) is 35.4 Å². The molecule has 1 aromatic carbocycles. The van der Waals surface area contributed by atoms with E-state index in [1.807, 2.05) is 31.2 Å². The van der Waals surface area contributed by atoms with Crippen molar-refractivity contribution in [1.82, 2.24) is 9.55 Å². The third-order valence-electron chi connectivity index (χ3n) is 5.36. The smallest absolute Gasteiger partial charge is 0.263 e. The summed E-state index contributed by atoms with van der Waals surface area (Å²) in [6, 6.07) is 6.98. The largest absolute Gasteiger partial charge is 0.324 e. The van der Waals surface area contributed by atoms with Gasteiger partial charge in [-0.05, 0) is 56.7 Å². The van der Waals surface area contributed by atoms with Gasteiger partial charge in [0.2, 0.25) is 5.91 Å². The number of amides is 1. The van der Waals surface area contributed by atoms with Gasteiger partial charge < -0.3 is 5.32 Å². The molecule has 2 atom stereocenters. The molecule has 1 aliphatic carbocycles. The Bertz CT molecular complexity index is 1070. The maximum absolute atomic E-state index is 13.1. The zero-order valence-corrected chi connectivity index (χ0v) is 16.6. The highest BCUT2D eigenvalue weighted by Gasteiger charge is 2.25. The van der Waals surface area contributed by atoms with Crippen LogP contribution in [-0.4, -0.2) is 15.5 Å². The molecule has 0 saturated heterocycles. The molecule has 2 heterocycles. The lowest BCUT2D eigenvalue weighted by atomic mass is 9.89. The van der Waals surface area contributed by atoms with Crippen LogP contribution >= 0.6 is 11.3 Å². The number of carbonyl (C=O) groups is 1. The van der Waals surface area contributed by atoms with E-state index in [2.05, 4.69) is 17.2 Å². The topological polar surface area (TPSA) is 64.0 Å². The number of benzene rings is 1. The number of fused-ring (bicyclic) bond motifs is 3. The van der Waals surface area contributed by atoms with E-state index in [4.69, 9.17) is 0 Å². The molecular formula is C21H23N3O2S. The molecule has 1 aliphatic rings. The number of carbonyl (C=O) groups excluding carboxylic acids is 1. The summed E-state index contributed by atoms with van der Waals surface area (Å²) < 4.78 is 1.46. The number of rotatable bonds is 3. The number of nitrogens with one attached hydrogen (secondary N) is 1. The molecule has 0 radical (unpaired) electrons. The highest BCUT2D eigenvalue weighted by atomic mass is 32.1. The zero-order valence-electron chi connectivity index (χ0n) is 15.8. The van der Waals surface area contributed by atoms with Crippen LogP contribution in [-0.2, 0) is 17.6 Å². The minimum absolute atomic E-state index is 0.112. The Kier molecular flexibility index (Phi) is 4.60. The van der Waals surface area contributed by atoms with Gasteiger partial charge in [0.1, 0.15) is 10.9 Å². The minimum atomic E-state index is -0.631. The van der Waals surface area contributed by atoms with Crippen LogP contribution in [0.2, 0.25) is 0 Å². The first kappa shape index (κ1) is 17.9. The number of nitrogens with zero attached hydrogens (tertiary/aromatic N) is 2. The summed E-state index contributed by atoms with van der Waals surface area (Å²) in [5.74, 6) is 0.423. The SMILES string of the molecule is Cc1ccc(NC(=O)[C@H](C)n2cnc3sc4c(c3c2=O)CC[C@H](C)C4)cc1. The molecule has 0 fully saturated rings. The third-order valence-corrected chi connectivity index (χ3v) is 6.52. The lowest BCUT2D eigenvalue weighted by Crippen LogP contribution is -2.32. The lowest BCUT2D eigenvalue weighted by Gasteiger charge is -2.18. The van der Waals surface area contributed by atoms with Gasteiger partial charge in [-0.1, -0.05) is 24.6 Å². The first-order valence-corrected chi connectivity index (χ1v) is 10.1. The van der Waals surface area contributed by atoms with Gasteiger partial charge in [0.25, 0.3) is 5.56 Å². The van der Waals surface area contributed by atoms with Crippen molar-refractivity contribution >= 4 is 33.1 Å². The van der Waals surface area contributed by atoms with Crippen molar-refractivity contribution in [2.45, 2.75) is 46.1 Å². The highest BCUT2D eigenvalue weighted by Crippen LogP contribution is 2.35. The molecule has 0 unspecified atom stereocenters. The summed E-state index contributed by atoms with van der Waals surface area (Å²) in [7, 11) is 0. The average molecular weight is 382 g/mol. The third kappa shape index (κ3) is 3.30. The molecule has 6 heteroatoms. The molecule has 0 spiro atoms. The lowest BCUT2D eigenvalue weighted by molar-refractivity contribution is -0.118. The number of anilines is 1. The Hall–Kier alpha value is -2.47. The van der Waals surface area contributed by atoms with E-state index in [1.54, 1.807) is 18.3 Å². The molecule has 140 valence electrons. The maximum Gasteiger partial charge on any atom is 0.263 e. The van der Waals surface area contributed by atoms with Crippen LogP contribution < -0.4 is 10.9 Å². The monoisotopic (exact) mass is 381 g/mol. The highest BCUT2D eigenvalue weighted by molar-refractivity contribution is 7.18. The Morgan fingerprint density at radius 2 is 2.07 bits per heavy atom. The fourth-order valence-corrected chi connectivity index (χ4v) is 4.97. The average Bonchev–Trinajstić information content (AvgIpc) is 3.01. The van der Waals surface area contributed by atoms with Crippen molar-refractivity contribution in [2.24, 2.45) is 5.92 Å². The first-order valence-electron chi connectivity index (χ1n) is 9.33. The van der Waals surface area contributed by atoms with Crippen LogP contribution in [0.1, 0.15) is 42.3 Å². The Morgan fingerprint density at radius 3 is 2.81 bits per heavy atom. The summed E-state index contributed by atoms with van der Waals surface area (Å²) in [5.41, 5.74) is 2.88. The van der Waals surface area contributed by atoms with Gasteiger partial charge in [-0.2, -0.15) is 0 Å². The molecule has 0 aliphatic heterocycles. The number of aromatic nitrogens is 2. The predicted molar refractivity (Wildman–Crippen MR) is 110 cm³/mol. The van der Waals surface area contributed by atoms with Crippen molar-refractivity contribution < 1.29 is 4.79 Å². The number of aryl methyl sites for hydroxylation is 2. The molecule has 1 N–H and O–H groups in total. The molecule has 1 amide bonds. The molecule has 2 aromatic heterocycles. The molecule has 27 heavy (non-hydrogen) atoms. The van der Waals surface area contributed by atoms with E-state index in [1.165, 1.54) is 15.8 Å². The number of hydrogen-bond acceptors (Lipinski definition) is 4. The van der Waals surface area contributed by atoms with Crippen molar-refractivity contribution in [1.29, 1.82) is 0 Å². The van der Waals surface area contributed by atoms with Crippen LogP contribution in [0.3, 0.4) is 0 Å². The van der Waals surface area contributed by atoms with E-state index in [9.17, 15) is 9.59 Å². The molecule has 5 nitrogen and oxygen atoms in total. The first-order chi connectivity index (χ1) is 12.9. The fourth-order valence-electron chi connectivity index (χ4n) is 3.63. The zero-order chi connectivity index (χ0) is 19.1. The van der Waals surface area contributed by atoms with E-state index in [0.29, 0.717) is 11.3 Å². The second-order valence-electron chi connectivity index (χ2n) is 7.52. The number of hydrogen-bond donors (Lipinski definition) is 1. The van der Waals surface area contributed by atoms with Crippen LogP contribution in [0.5, 0.6) is 0 Å². The normalized spacial score (nSPS) is 17.5. The summed E-state index contributed by atoms with van der Waals surface area (Å²) in [5, 5.41) is 3.59.